The summed E-state index contributed by atoms with van der Waals surface area (Å²) in [6, 6.07) is 7.12. The zero-order valence-electron chi connectivity index (χ0n) is 10.3. The monoisotopic (exact) mass is 266 g/mol. The van der Waals surface area contributed by atoms with Gasteiger partial charge in [0, 0.05) is 17.2 Å². The first-order valence-electron chi connectivity index (χ1n) is 5.70. The van der Waals surface area contributed by atoms with Crippen molar-refractivity contribution in [1.29, 1.82) is 0 Å². The number of benzene rings is 2. The third kappa shape index (κ3) is 2.62. The highest BCUT2D eigenvalue weighted by Gasteiger charge is 2.20. The van der Waals surface area contributed by atoms with Gasteiger partial charge in [-0.2, -0.15) is 0 Å². The van der Waals surface area contributed by atoms with Gasteiger partial charge in [0.1, 0.15) is 17.5 Å². The molecule has 0 spiro atoms. The Kier molecular flexibility index (Phi) is 3.87. The van der Waals surface area contributed by atoms with Crippen molar-refractivity contribution in [1.82, 2.24) is 5.43 Å². The Hall–Kier alpha value is -1.85. The zero-order chi connectivity index (χ0) is 14.0. The van der Waals surface area contributed by atoms with Crippen molar-refractivity contribution >= 4 is 0 Å². The van der Waals surface area contributed by atoms with Gasteiger partial charge in [-0.3, -0.25) is 5.84 Å². The summed E-state index contributed by atoms with van der Waals surface area (Å²) in [6.45, 7) is 1.51. The van der Waals surface area contributed by atoms with E-state index >= 15 is 0 Å². The molecule has 0 aliphatic heterocycles. The van der Waals surface area contributed by atoms with Gasteiger partial charge in [-0.1, -0.05) is 18.2 Å². The lowest BCUT2D eigenvalue weighted by atomic mass is 9.96. The first kappa shape index (κ1) is 13.6. The van der Waals surface area contributed by atoms with Crippen LogP contribution in [-0.4, -0.2) is 0 Å². The Bertz CT molecular complexity index is 599. The number of nitrogens with one attached hydrogen (secondary N) is 1. The maximum absolute atomic E-state index is 13.8. The number of halogens is 3. The van der Waals surface area contributed by atoms with Gasteiger partial charge in [-0.25, -0.2) is 18.6 Å². The fraction of sp³-hybridized carbons (Fsp3) is 0.143. The first-order chi connectivity index (χ1) is 9.04. The minimum absolute atomic E-state index is 0.103. The number of hydrogen-bond donors (Lipinski definition) is 2. The molecule has 0 bridgehead atoms. The Balaban J connectivity index is 2.55. The highest BCUT2D eigenvalue weighted by Crippen LogP contribution is 2.27. The topological polar surface area (TPSA) is 38.0 Å². The maximum atomic E-state index is 13.8. The summed E-state index contributed by atoms with van der Waals surface area (Å²) in [5, 5.41) is 0. The van der Waals surface area contributed by atoms with Crippen LogP contribution in [0.4, 0.5) is 13.2 Å². The molecule has 0 aromatic heterocycles. The highest BCUT2D eigenvalue weighted by atomic mass is 19.1. The van der Waals surface area contributed by atoms with Gasteiger partial charge in [0.25, 0.3) is 0 Å². The minimum atomic E-state index is -0.875. The molecule has 2 aromatic carbocycles. The van der Waals surface area contributed by atoms with Crippen molar-refractivity contribution in [2.75, 3.05) is 0 Å². The van der Waals surface area contributed by atoms with E-state index in [-0.39, 0.29) is 16.7 Å². The van der Waals surface area contributed by atoms with Crippen molar-refractivity contribution in [3.8, 4) is 0 Å². The van der Waals surface area contributed by atoms with Crippen LogP contribution in [-0.2, 0) is 0 Å². The van der Waals surface area contributed by atoms with Crippen molar-refractivity contribution in [2.45, 2.75) is 13.0 Å². The molecule has 0 saturated carbocycles. The number of hydrazine groups is 1. The van der Waals surface area contributed by atoms with Crippen molar-refractivity contribution < 1.29 is 13.2 Å². The van der Waals surface area contributed by atoms with Crippen LogP contribution in [0, 0.1) is 24.4 Å². The average molecular weight is 266 g/mol. The van der Waals surface area contributed by atoms with Gasteiger partial charge in [0.2, 0.25) is 0 Å². The normalized spacial score (nSPS) is 12.5. The van der Waals surface area contributed by atoms with Crippen LogP contribution in [0.2, 0.25) is 0 Å². The molecule has 19 heavy (non-hydrogen) atoms. The molecule has 0 aliphatic carbocycles. The molecule has 0 radical (unpaired) electrons. The Labute approximate surface area is 109 Å². The summed E-state index contributed by atoms with van der Waals surface area (Å²) in [4.78, 5) is 0. The maximum Gasteiger partial charge on any atom is 0.131 e. The van der Waals surface area contributed by atoms with E-state index in [1.807, 2.05) is 0 Å². The molecule has 1 unspecified atom stereocenters. The van der Waals surface area contributed by atoms with Gasteiger partial charge in [0.05, 0.1) is 6.04 Å². The number of hydrogen-bond acceptors (Lipinski definition) is 2. The number of nitrogens with two attached hydrogens (primary N) is 1. The molecule has 3 N–H and O–H groups in total. The Morgan fingerprint density at radius 1 is 0.947 bits per heavy atom. The summed E-state index contributed by atoms with van der Waals surface area (Å²) < 4.78 is 40.8. The lowest BCUT2D eigenvalue weighted by molar-refractivity contribution is 0.520. The number of rotatable bonds is 3. The Morgan fingerprint density at radius 3 is 2.26 bits per heavy atom. The number of aryl methyl sites for hydroxylation is 1. The van der Waals surface area contributed by atoms with E-state index in [0.29, 0.717) is 0 Å². The van der Waals surface area contributed by atoms with E-state index < -0.39 is 23.5 Å². The summed E-state index contributed by atoms with van der Waals surface area (Å²) in [6.07, 6.45) is 0. The quantitative estimate of drug-likeness (QED) is 0.662. The van der Waals surface area contributed by atoms with E-state index in [2.05, 4.69) is 5.43 Å². The molecule has 100 valence electrons. The molecule has 2 aromatic rings. The van der Waals surface area contributed by atoms with Crippen LogP contribution < -0.4 is 11.3 Å². The second-order valence-corrected chi connectivity index (χ2v) is 4.24. The largest absolute Gasteiger partial charge is 0.271 e. The van der Waals surface area contributed by atoms with Gasteiger partial charge < -0.3 is 0 Å². The van der Waals surface area contributed by atoms with Crippen LogP contribution in [0.15, 0.2) is 36.4 Å². The Morgan fingerprint density at radius 2 is 1.63 bits per heavy atom. The van der Waals surface area contributed by atoms with E-state index in [9.17, 15) is 13.2 Å². The van der Waals surface area contributed by atoms with Gasteiger partial charge >= 0.3 is 0 Å². The van der Waals surface area contributed by atoms with Crippen molar-refractivity contribution in [3.63, 3.8) is 0 Å². The third-order valence-electron chi connectivity index (χ3n) is 2.97. The second-order valence-electron chi connectivity index (χ2n) is 4.24. The minimum Gasteiger partial charge on any atom is -0.271 e. The fourth-order valence-electron chi connectivity index (χ4n) is 1.96. The second kappa shape index (κ2) is 5.42. The predicted octanol–water partition coefficient (Wildman–Crippen LogP) is 2.97. The van der Waals surface area contributed by atoms with Crippen LogP contribution in [0.1, 0.15) is 22.7 Å². The third-order valence-corrected chi connectivity index (χ3v) is 2.97. The summed E-state index contributed by atoms with van der Waals surface area (Å²) >= 11 is 0. The van der Waals surface area contributed by atoms with Gasteiger partial charge in [-0.05, 0) is 24.6 Å². The van der Waals surface area contributed by atoms with Crippen LogP contribution in [0.5, 0.6) is 0 Å². The van der Waals surface area contributed by atoms with Crippen LogP contribution in [0.25, 0.3) is 0 Å². The predicted molar refractivity (Wildman–Crippen MR) is 66.7 cm³/mol. The SMILES string of the molecule is Cc1cc(C(NN)c2ccccc2F)c(F)cc1F. The summed E-state index contributed by atoms with van der Waals surface area (Å²) in [5.41, 5.74) is 2.94. The van der Waals surface area contributed by atoms with Crippen LogP contribution >= 0.6 is 0 Å². The van der Waals surface area contributed by atoms with Gasteiger partial charge in [-0.15, -0.1) is 0 Å². The zero-order valence-corrected chi connectivity index (χ0v) is 10.3. The molecule has 0 aliphatic rings. The van der Waals surface area contributed by atoms with E-state index in [4.69, 9.17) is 5.84 Å². The molecule has 2 nitrogen and oxygen atoms in total. The van der Waals surface area contributed by atoms with Crippen molar-refractivity contribution in [2.24, 2.45) is 5.84 Å². The summed E-state index contributed by atoms with van der Waals surface area (Å²) in [7, 11) is 0. The molecule has 0 amide bonds. The van der Waals surface area contributed by atoms with E-state index in [0.717, 1.165) is 6.07 Å². The van der Waals surface area contributed by atoms with Crippen molar-refractivity contribution in [3.05, 3.63) is 70.5 Å². The lowest BCUT2D eigenvalue weighted by Gasteiger charge is -2.19. The molecule has 1 atom stereocenters. The average Bonchev–Trinajstić information content (AvgIpc) is 2.38. The summed E-state index contributed by atoms with van der Waals surface area (Å²) in [5.74, 6) is 3.46. The molecule has 0 heterocycles. The first-order valence-corrected chi connectivity index (χ1v) is 5.70. The standard InChI is InChI=1S/C14H13F3N2/c1-8-6-10(13(17)7-12(8)16)14(19-18)9-4-2-3-5-11(9)15/h2-7,14,19H,18H2,1H3. The molecular weight excluding hydrogens is 253 g/mol. The van der Waals surface area contributed by atoms with E-state index in [1.165, 1.54) is 31.2 Å². The van der Waals surface area contributed by atoms with Crippen LogP contribution in [0.3, 0.4) is 0 Å². The molecule has 2 rings (SSSR count). The highest BCUT2D eigenvalue weighted by molar-refractivity contribution is 5.36. The fourth-order valence-corrected chi connectivity index (χ4v) is 1.96. The molecule has 0 saturated heterocycles. The molecule has 5 heteroatoms. The van der Waals surface area contributed by atoms with Gasteiger partial charge in [0.15, 0.2) is 0 Å². The van der Waals surface area contributed by atoms with E-state index in [1.54, 1.807) is 6.07 Å². The molecular formula is C14H13F3N2. The smallest absolute Gasteiger partial charge is 0.131 e. The lowest BCUT2D eigenvalue weighted by Crippen LogP contribution is -2.30. The molecule has 0 fully saturated rings.